The van der Waals surface area contributed by atoms with Crippen LogP contribution < -0.4 is 4.74 Å². The predicted octanol–water partition coefficient (Wildman–Crippen LogP) is 10.4. The van der Waals surface area contributed by atoms with Crippen LogP contribution in [0.4, 0.5) is 0 Å². The van der Waals surface area contributed by atoms with Crippen LogP contribution in [-0.4, -0.2) is 36.3 Å². The second kappa shape index (κ2) is 22.6. The summed E-state index contributed by atoms with van der Waals surface area (Å²) < 4.78 is 21.8. The fraction of sp³-hybridized carbons (Fsp3) is 0.345. The zero-order valence-electron chi connectivity index (χ0n) is 37.4. The Labute approximate surface area is 388 Å². The van der Waals surface area contributed by atoms with Crippen molar-refractivity contribution in [2.45, 2.75) is 89.6 Å². The quantitative estimate of drug-likeness (QED) is 0.0538. The van der Waals surface area contributed by atoms with Crippen molar-refractivity contribution >= 4 is 23.9 Å². The zero-order chi connectivity index (χ0) is 46.3. The minimum Gasteiger partial charge on any atom is -0.442 e. The minimum absolute atomic E-state index is 0.315. The van der Waals surface area contributed by atoms with Gasteiger partial charge in [0.05, 0.1) is 17.4 Å². The number of esters is 4. The van der Waals surface area contributed by atoms with Crippen molar-refractivity contribution in [3.05, 3.63) is 149 Å². The molecule has 0 amide bonds. The number of carbonyl (C=O) groups is 4. The molecule has 66 heavy (non-hydrogen) atoms. The van der Waals surface area contributed by atoms with Crippen LogP contribution in [0.25, 0.3) is 0 Å². The molecule has 0 saturated heterocycles. The number of hydrogen-bond acceptors (Lipinski definition) is 8. The highest BCUT2D eigenvalue weighted by Crippen LogP contribution is 2.44. The summed E-state index contributed by atoms with van der Waals surface area (Å²) in [5.41, 5.74) is 4.56. The molecule has 0 bridgehead atoms. The largest absolute Gasteiger partial charge is 0.442 e. The van der Waals surface area contributed by atoms with Gasteiger partial charge < -0.3 is 18.9 Å². The van der Waals surface area contributed by atoms with E-state index in [0.29, 0.717) is 61.7 Å². The molecule has 3 saturated carbocycles. The van der Waals surface area contributed by atoms with Crippen molar-refractivity contribution in [1.82, 2.24) is 0 Å². The molecule has 3 aliphatic rings. The van der Waals surface area contributed by atoms with Crippen molar-refractivity contribution in [3.63, 3.8) is 0 Å². The molecule has 8 heteroatoms. The van der Waals surface area contributed by atoms with Crippen LogP contribution in [0.3, 0.4) is 0 Å². The summed E-state index contributed by atoms with van der Waals surface area (Å²) in [6, 6.07) is 29.6. The second-order valence-corrected chi connectivity index (χ2v) is 17.6. The van der Waals surface area contributed by atoms with Crippen LogP contribution >= 0.6 is 0 Å². The molecule has 8 nitrogen and oxygen atoms in total. The monoisotopic (exact) mass is 878 g/mol. The Morgan fingerprint density at radius 3 is 1.53 bits per heavy atom. The summed E-state index contributed by atoms with van der Waals surface area (Å²) in [5.74, 6) is 21.8. The third kappa shape index (κ3) is 13.2. The number of ether oxygens (including phenoxy) is 4. The van der Waals surface area contributed by atoms with Gasteiger partial charge >= 0.3 is 23.9 Å². The lowest BCUT2D eigenvalue weighted by Gasteiger charge is -2.40. The smallest absolute Gasteiger partial charge is 0.339 e. The lowest BCUT2D eigenvalue weighted by molar-refractivity contribution is -0.169. The maximum absolute atomic E-state index is 13.8. The first kappa shape index (κ1) is 46.7. The van der Waals surface area contributed by atoms with Gasteiger partial charge in [-0.05, 0) is 185 Å². The molecule has 0 N–H and O–H groups in total. The van der Waals surface area contributed by atoms with Gasteiger partial charge in [-0.3, -0.25) is 9.59 Å². The van der Waals surface area contributed by atoms with Gasteiger partial charge in [-0.25, -0.2) is 9.59 Å². The predicted molar refractivity (Wildman–Crippen MR) is 252 cm³/mol. The van der Waals surface area contributed by atoms with E-state index in [-0.39, 0.29) is 11.8 Å². The SMILES string of the molecule is C#Cc1ccc(C#Cc2ccc(C#Cc3ccc(C#CC4(OC(=O)c5ccc(OC(=O)C6CCC(C(=O)OCOC(=O)C=C)CC6)cc5)CCC(C5CCC(C)CC5)CC4)cc3)cc2)cc1. The Morgan fingerprint density at radius 1 is 0.591 bits per heavy atom. The molecule has 3 fully saturated rings. The van der Waals surface area contributed by atoms with E-state index in [9.17, 15) is 19.2 Å². The van der Waals surface area contributed by atoms with E-state index in [1.165, 1.54) is 25.7 Å². The van der Waals surface area contributed by atoms with Gasteiger partial charge in [0.2, 0.25) is 6.79 Å². The number of benzene rings is 4. The van der Waals surface area contributed by atoms with Crippen LogP contribution in [0, 0.1) is 77.5 Å². The minimum atomic E-state index is -0.941. The topological polar surface area (TPSA) is 105 Å². The summed E-state index contributed by atoms with van der Waals surface area (Å²) in [6.45, 7) is 5.17. The highest BCUT2D eigenvalue weighted by Gasteiger charge is 2.40. The van der Waals surface area contributed by atoms with Crippen LogP contribution in [0.1, 0.15) is 128 Å². The second-order valence-electron chi connectivity index (χ2n) is 17.6. The summed E-state index contributed by atoms with van der Waals surface area (Å²) in [7, 11) is 0. The molecule has 0 atom stereocenters. The summed E-state index contributed by atoms with van der Waals surface area (Å²) in [6.07, 6.45) is 16.5. The lowest BCUT2D eigenvalue weighted by Crippen LogP contribution is -2.39. The Bertz CT molecular complexity index is 2590. The molecule has 0 aliphatic heterocycles. The van der Waals surface area contributed by atoms with E-state index in [0.717, 1.165) is 58.2 Å². The number of carbonyl (C=O) groups excluding carboxylic acids is 4. The fourth-order valence-electron chi connectivity index (χ4n) is 8.97. The molecule has 4 aromatic carbocycles. The van der Waals surface area contributed by atoms with Crippen LogP contribution in [0.2, 0.25) is 0 Å². The summed E-state index contributed by atoms with van der Waals surface area (Å²) >= 11 is 0. The van der Waals surface area contributed by atoms with Gasteiger partial charge in [-0.15, -0.1) is 6.42 Å². The van der Waals surface area contributed by atoms with Gasteiger partial charge in [0, 0.05) is 39.5 Å². The first-order valence-electron chi connectivity index (χ1n) is 22.9. The van der Waals surface area contributed by atoms with Crippen molar-refractivity contribution in [1.29, 1.82) is 0 Å². The highest BCUT2D eigenvalue weighted by atomic mass is 16.7. The third-order valence-corrected chi connectivity index (χ3v) is 13.1. The van der Waals surface area contributed by atoms with E-state index >= 15 is 0 Å². The van der Waals surface area contributed by atoms with Crippen molar-refractivity contribution < 1.29 is 38.1 Å². The van der Waals surface area contributed by atoms with Gasteiger partial charge in [-0.1, -0.05) is 61.9 Å². The summed E-state index contributed by atoms with van der Waals surface area (Å²) in [4.78, 5) is 50.4. The molecule has 4 aromatic rings. The number of rotatable bonds is 9. The fourth-order valence-corrected chi connectivity index (χ4v) is 8.97. The van der Waals surface area contributed by atoms with E-state index in [2.05, 4.69) is 54.9 Å². The van der Waals surface area contributed by atoms with Crippen LogP contribution in [0.15, 0.2) is 110 Å². The zero-order valence-corrected chi connectivity index (χ0v) is 37.4. The lowest BCUT2D eigenvalue weighted by atomic mass is 9.68. The first-order valence-corrected chi connectivity index (χ1v) is 22.9. The molecule has 3 aliphatic carbocycles. The molecule has 0 spiro atoms. The van der Waals surface area contributed by atoms with Gasteiger partial charge in [0.1, 0.15) is 5.75 Å². The number of hydrogen-bond donors (Lipinski definition) is 0. The molecule has 0 heterocycles. The first-order chi connectivity index (χ1) is 32.1. The average Bonchev–Trinajstić information content (AvgIpc) is 3.36. The van der Waals surface area contributed by atoms with Gasteiger partial charge in [-0.2, -0.15) is 0 Å². The maximum Gasteiger partial charge on any atom is 0.339 e. The van der Waals surface area contributed by atoms with Crippen molar-refractivity contribution in [3.8, 4) is 53.6 Å². The van der Waals surface area contributed by atoms with E-state index in [4.69, 9.17) is 25.4 Å². The van der Waals surface area contributed by atoms with E-state index in [1.807, 2.05) is 72.8 Å². The van der Waals surface area contributed by atoms with Crippen LogP contribution in [0.5, 0.6) is 5.75 Å². The Balaban J connectivity index is 0.958. The molecule has 7 rings (SSSR count). The van der Waals surface area contributed by atoms with E-state index < -0.39 is 36.3 Å². The molecular weight excluding hydrogens is 825 g/mol. The Morgan fingerprint density at radius 2 is 1.05 bits per heavy atom. The van der Waals surface area contributed by atoms with Crippen molar-refractivity contribution in [2.24, 2.45) is 29.6 Å². The van der Waals surface area contributed by atoms with E-state index in [1.54, 1.807) is 24.3 Å². The third-order valence-electron chi connectivity index (χ3n) is 13.1. The summed E-state index contributed by atoms with van der Waals surface area (Å²) in [5, 5.41) is 0. The molecular formula is C58H54O8. The van der Waals surface area contributed by atoms with Gasteiger partial charge in [0.25, 0.3) is 0 Å². The maximum atomic E-state index is 13.8. The van der Waals surface area contributed by atoms with Crippen LogP contribution in [-0.2, 0) is 28.6 Å². The molecule has 0 radical (unpaired) electrons. The van der Waals surface area contributed by atoms with Crippen molar-refractivity contribution in [2.75, 3.05) is 6.79 Å². The average molecular weight is 879 g/mol. The van der Waals surface area contributed by atoms with Gasteiger partial charge in [0.15, 0.2) is 5.60 Å². The number of terminal acetylenes is 1. The Kier molecular flexibility index (Phi) is 16.0. The Hall–Kier alpha value is -7.26. The highest BCUT2D eigenvalue weighted by molar-refractivity contribution is 5.90. The molecule has 334 valence electrons. The normalized spacial score (nSPS) is 22.1. The molecule has 0 aromatic heterocycles. The standard InChI is InChI=1S/C58H54O8/c1-4-42-8-10-43(11-9-42)12-13-44-14-16-45(17-15-44)18-19-46-20-22-47(23-21-46)34-37-58(38-35-49(36-39-58)48-24-6-41(3)7-25-48)66-57(62)52-30-32-53(33-31-52)65-56(61)51-28-26-50(27-29-51)55(60)64-40-63-54(59)5-2/h1,5,8-11,14-17,20-23,30-33,41,48-51H,2,6-7,24-29,35-36,38-40H2,3H3. The molecule has 0 unspecified atom stereocenters.